The minimum absolute atomic E-state index is 0.131. The van der Waals surface area contributed by atoms with Crippen molar-refractivity contribution in [1.82, 2.24) is 19.5 Å². The number of likely N-dealkylation sites (N-methyl/N-ethyl adjacent to an activating group) is 1. The van der Waals surface area contributed by atoms with Crippen molar-refractivity contribution in [1.29, 1.82) is 0 Å². The lowest BCUT2D eigenvalue weighted by Gasteiger charge is -2.30. The van der Waals surface area contributed by atoms with Crippen molar-refractivity contribution in [3.63, 3.8) is 0 Å². The molecule has 2 aromatic rings. The Labute approximate surface area is 181 Å². The van der Waals surface area contributed by atoms with Crippen LogP contribution in [0.1, 0.15) is 18.2 Å². The van der Waals surface area contributed by atoms with Crippen LogP contribution in [-0.4, -0.2) is 60.3 Å². The summed E-state index contributed by atoms with van der Waals surface area (Å²) in [5, 5.41) is 3.31. The first kappa shape index (κ1) is 23.8. The lowest BCUT2D eigenvalue weighted by atomic mass is 10.1. The Bertz CT molecular complexity index is 968. The number of hydrogen-bond donors (Lipinski definition) is 1. The third kappa shape index (κ3) is 7.08. The zero-order chi connectivity index (χ0) is 22.3. The van der Waals surface area contributed by atoms with Gasteiger partial charge < -0.3 is 10.2 Å². The molecule has 0 bridgehead atoms. The maximum absolute atomic E-state index is 12.9. The van der Waals surface area contributed by atoms with Gasteiger partial charge in [-0.1, -0.05) is 29.8 Å². The van der Waals surface area contributed by atoms with Gasteiger partial charge in [-0.25, -0.2) is 8.42 Å². The van der Waals surface area contributed by atoms with E-state index in [0.29, 0.717) is 10.7 Å². The molecule has 1 heterocycles. The molecule has 2 amide bonds. The molecule has 1 aromatic carbocycles. The summed E-state index contributed by atoms with van der Waals surface area (Å²) in [6.07, 6.45) is 2.65. The molecular formula is C20H25ClN4O4S. The first-order chi connectivity index (χ1) is 14.1. The number of halogens is 1. The molecule has 0 radical (unpaired) electrons. The van der Waals surface area contributed by atoms with E-state index in [1.165, 1.54) is 11.9 Å². The van der Waals surface area contributed by atoms with E-state index in [1.54, 1.807) is 49.5 Å². The average molecular weight is 453 g/mol. The van der Waals surface area contributed by atoms with E-state index in [0.717, 1.165) is 16.1 Å². The third-order valence-electron chi connectivity index (χ3n) is 4.53. The number of sulfonamides is 1. The summed E-state index contributed by atoms with van der Waals surface area (Å²) >= 11 is 5.92. The van der Waals surface area contributed by atoms with E-state index in [1.807, 2.05) is 6.07 Å². The maximum Gasteiger partial charge on any atom is 0.242 e. The van der Waals surface area contributed by atoms with Crippen LogP contribution < -0.4 is 5.32 Å². The number of benzene rings is 1. The molecule has 1 atom stereocenters. The van der Waals surface area contributed by atoms with Crippen LogP contribution in [0.5, 0.6) is 0 Å². The molecule has 8 nitrogen and oxygen atoms in total. The highest BCUT2D eigenvalue weighted by Gasteiger charge is 2.28. The lowest BCUT2D eigenvalue weighted by Crippen LogP contribution is -2.50. The fraction of sp³-hybridized carbons (Fsp3) is 0.350. The van der Waals surface area contributed by atoms with Gasteiger partial charge in [0.2, 0.25) is 21.8 Å². The second-order valence-corrected chi connectivity index (χ2v) is 9.41. The molecule has 10 heteroatoms. The van der Waals surface area contributed by atoms with Gasteiger partial charge in [-0.2, -0.15) is 4.31 Å². The molecular weight excluding hydrogens is 428 g/mol. The molecule has 1 N–H and O–H groups in total. The number of hydrogen-bond acceptors (Lipinski definition) is 5. The number of rotatable bonds is 9. The van der Waals surface area contributed by atoms with Crippen LogP contribution >= 0.6 is 11.6 Å². The predicted molar refractivity (Wildman–Crippen MR) is 115 cm³/mol. The highest BCUT2D eigenvalue weighted by Crippen LogP contribution is 2.14. The second kappa shape index (κ2) is 10.5. The van der Waals surface area contributed by atoms with Crippen molar-refractivity contribution in [2.45, 2.75) is 26.1 Å². The monoisotopic (exact) mass is 452 g/mol. The summed E-state index contributed by atoms with van der Waals surface area (Å²) in [7, 11) is -2.22. The molecule has 0 saturated heterocycles. The Morgan fingerprint density at radius 1 is 1.17 bits per heavy atom. The Hall–Kier alpha value is -2.49. The van der Waals surface area contributed by atoms with Crippen LogP contribution in [0.15, 0.2) is 48.7 Å². The van der Waals surface area contributed by atoms with Crippen molar-refractivity contribution in [3.05, 3.63) is 64.9 Å². The molecule has 162 valence electrons. The molecule has 2 rings (SSSR count). The summed E-state index contributed by atoms with van der Waals surface area (Å²) in [6, 6.07) is 11.4. The topological polar surface area (TPSA) is 99.7 Å². The van der Waals surface area contributed by atoms with E-state index >= 15 is 0 Å². The summed E-state index contributed by atoms with van der Waals surface area (Å²) in [6.45, 7) is 1.58. The van der Waals surface area contributed by atoms with Crippen LogP contribution in [-0.2, 0) is 32.7 Å². The fourth-order valence-electron chi connectivity index (χ4n) is 2.60. The van der Waals surface area contributed by atoms with Gasteiger partial charge in [0.05, 0.1) is 25.0 Å². The van der Waals surface area contributed by atoms with E-state index < -0.39 is 22.0 Å². The van der Waals surface area contributed by atoms with Gasteiger partial charge in [0.1, 0.15) is 6.04 Å². The van der Waals surface area contributed by atoms with Crippen LogP contribution in [0, 0.1) is 0 Å². The van der Waals surface area contributed by atoms with E-state index in [2.05, 4.69) is 10.3 Å². The molecule has 0 spiro atoms. The van der Waals surface area contributed by atoms with Crippen molar-refractivity contribution < 1.29 is 18.0 Å². The summed E-state index contributed by atoms with van der Waals surface area (Å²) in [4.78, 5) is 31.1. The minimum Gasteiger partial charge on any atom is -0.349 e. The first-order valence-electron chi connectivity index (χ1n) is 9.20. The fourth-order valence-corrected chi connectivity index (χ4v) is 3.07. The second-order valence-electron chi connectivity index (χ2n) is 6.88. The molecule has 0 aliphatic heterocycles. The number of nitrogens with zero attached hydrogens (tertiary/aromatic N) is 3. The summed E-state index contributed by atoms with van der Waals surface area (Å²) in [5.41, 5.74) is 1.45. The Kier molecular flexibility index (Phi) is 8.33. The molecule has 0 saturated carbocycles. The van der Waals surface area contributed by atoms with Crippen molar-refractivity contribution in [3.8, 4) is 0 Å². The van der Waals surface area contributed by atoms with Crippen molar-refractivity contribution >= 4 is 33.4 Å². The van der Waals surface area contributed by atoms with Gasteiger partial charge in [-0.15, -0.1) is 0 Å². The molecule has 30 heavy (non-hydrogen) atoms. The molecule has 0 aliphatic carbocycles. The van der Waals surface area contributed by atoms with Gasteiger partial charge in [-0.05, 0) is 36.8 Å². The highest BCUT2D eigenvalue weighted by molar-refractivity contribution is 7.88. The van der Waals surface area contributed by atoms with Crippen LogP contribution in [0.25, 0.3) is 0 Å². The number of carbonyl (C=O) groups is 2. The molecule has 0 unspecified atom stereocenters. The average Bonchev–Trinajstić information content (AvgIpc) is 2.71. The van der Waals surface area contributed by atoms with E-state index in [9.17, 15) is 18.0 Å². The zero-order valence-electron chi connectivity index (χ0n) is 17.1. The number of carbonyl (C=O) groups excluding carboxylic acids is 2. The number of aromatic nitrogens is 1. The van der Waals surface area contributed by atoms with Crippen molar-refractivity contribution in [2.75, 3.05) is 19.8 Å². The molecule has 0 fully saturated rings. The summed E-state index contributed by atoms with van der Waals surface area (Å²) in [5.74, 6) is -0.858. The quantitative estimate of drug-likeness (QED) is 0.623. The lowest BCUT2D eigenvalue weighted by molar-refractivity contribution is -0.140. The van der Waals surface area contributed by atoms with Gasteiger partial charge >= 0.3 is 0 Å². The van der Waals surface area contributed by atoms with Gasteiger partial charge in [0.25, 0.3) is 0 Å². The number of pyridine rings is 1. The smallest absolute Gasteiger partial charge is 0.242 e. The largest absolute Gasteiger partial charge is 0.349 e. The van der Waals surface area contributed by atoms with Gasteiger partial charge in [-0.3, -0.25) is 14.6 Å². The first-order valence-corrected chi connectivity index (χ1v) is 11.4. The highest BCUT2D eigenvalue weighted by atomic mass is 35.5. The van der Waals surface area contributed by atoms with Crippen LogP contribution in [0.4, 0.5) is 0 Å². The van der Waals surface area contributed by atoms with E-state index in [4.69, 9.17) is 11.6 Å². The van der Waals surface area contributed by atoms with Crippen LogP contribution in [0.3, 0.4) is 0 Å². The number of amides is 2. The SMILES string of the molecule is C[C@@H](C(=O)NCc1ccccn1)N(Cc1ccc(Cl)cc1)C(=O)CN(C)S(C)(=O)=O. The predicted octanol–water partition coefficient (Wildman–Crippen LogP) is 1.66. The van der Waals surface area contributed by atoms with Crippen LogP contribution in [0.2, 0.25) is 5.02 Å². The van der Waals surface area contributed by atoms with Crippen molar-refractivity contribution in [2.24, 2.45) is 0 Å². The zero-order valence-corrected chi connectivity index (χ0v) is 18.7. The minimum atomic E-state index is -3.54. The maximum atomic E-state index is 12.9. The number of nitrogens with one attached hydrogen (secondary N) is 1. The normalized spacial score (nSPS) is 12.4. The molecule has 0 aliphatic rings. The van der Waals surface area contributed by atoms with Gasteiger partial charge in [0.15, 0.2) is 0 Å². The Balaban J connectivity index is 2.16. The standard InChI is InChI=1S/C20H25ClN4O4S/c1-15(20(27)23-12-18-6-4-5-11-22-18)25(13-16-7-9-17(21)10-8-16)19(26)14-24(2)30(3,28)29/h4-11,15H,12-14H2,1-3H3,(H,23,27)/t15-/m0/s1. The summed E-state index contributed by atoms with van der Waals surface area (Å²) < 4.78 is 24.4. The van der Waals surface area contributed by atoms with E-state index in [-0.39, 0.29) is 25.5 Å². The third-order valence-corrected chi connectivity index (χ3v) is 6.04. The Morgan fingerprint density at radius 3 is 2.40 bits per heavy atom. The molecule has 1 aromatic heterocycles. The van der Waals surface area contributed by atoms with Gasteiger partial charge in [0, 0.05) is 24.8 Å². The Morgan fingerprint density at radius 2 is 1.83 bits per heavy atom.